The number of rotatable bonds is 2. The Hall–Kier alpha value is 1.14. The van der Waals surface area contributed by atoms with Crippen molar-refractivity contribution in [1.29, 1.82) is 0 Å². The van der Waals surface area contributed by atoms with Crippen molar-refractivity contribution in [2.75, 3.05) is 6.61 Å². The summed E-state index contributed by atoms with van der Waals surface area (Å²) in [5.74, 6) is -0.0781. The van der Waals surface area contributed by atoms with Crippen molar-refractivity contribution >= 4 is 65.7 Å². The molecule has 0 N–H and O–H groups in total. The molecule has 0 bridgehead atoms. The number of ether oxygens (including phenoxy) is 1. The summed E-state index contributed by atoms with van der Waals surface area (Å²) < 4.78 is 4.79. The summed E-state index contributed by atoms with van der Waals surface area (Å²) in [6.07, 6.45) is 0. The zero-order chi connectivity index (χ0) is 6.57. The maximum atomic E-state index is 10.5. The number of carbonyl (C=O) groups is 1. The molecule has 0 aromatic carbocycles. The molecule has 0 heterocycles. The van der Waals surface area contributed by atoms with E-state index in [0.29, 0.717) is 6.61 Å². The van der Waals surface area contributed by atoms with Gasteiger partial charge in [0.1, 0.15) is 0 Å². The van der Waals surface area contributed by atoms with E-state index in [-0.39, 0.29) is 47.1 Å². The fourth-order valence-corrected chi connectivity index (χ4v) is 0.505. The summed E-state index contributed by atoms with van der Waals surface area (Å²) in [5.41, 5.74) is 0. The van der Waals surface area contributed by atoms with E-state index in [1.807, 2.05) is 13.8 Å². The van der Waals surface area contributed by atoms with Gasteiger partial charge in [0.25, 0.3) is 0 Å². The van der Waals surface area contributed by atoms with Gasteiger partial charge in [-0.3, -0.25) is 0 Å². The number of hydrogen-bond donors (Lipinski definition) is 0. The molecule has 0 aliphatic rings. The monoisotopic (exact) mass is 329 g/mol. The predicted molar refractivity (Wildman–Crippen MR) is 53.6 cm³/mol. The molecule has 1 unspecified atom stereocenters. The molecule has 1 atom stereocenters. The van der Waals surface area contributed by atoms with Gasteiger partial charge in [0.15, 0.2) is 0 Å². The van der Waals surface area contributed by atoms with Crippen molar-refractivity contribution in [2.24, 2.45) is 0 Å². The summed E-state index contributed by atoms with van der Waals surface area (Å²) >= 11 is 1.22. The maximum absolute atomic E-state index is 10.5. The van der Waals surface area contributed by atoms with Gasteiger partial charge in [-0.1, -0.05) is 0 Å². The van der Waals surface area contributed by atoms with Gasteiger partial charge in [-0.2, -0.15) is 0 Å². The molecule has 6 heteroatoms. The van der Waals surface area contributed by atoms with E-state index in [2.05, 4.69) is 4.74 Å². The molecule has 0 aromatic rings. The van der Waals surface area contributed by atoms with Crippen LogP contribution in [0, 0.1) is 0 Å². The largest absolute Gasteiger partial charge is 0.147 e. The molecule has 0 saturated heterocycles. The topological polar surface area (TPSA) is 26.3 Å². The Kier molecular flexibility index (Phi) is 28.3. The zero-order valence-electron chi connectivity index (χ0n) is 6.33. The molecule has 0 spiro atoms. The van der Waals surface area contributed by atoms with Crippen LogP contribution >= 0.6 is 37.2 Å². The number of carbonyl (C=O) groups excluding carboxylic acids is 1. The first-order valence-electron chi connectivity index (χ1n) is 2.56. The van der Waals surface area contributed by atoms with E-state index < -0.39 is 0 Å². The van der Waals surface area contributed by atoms with E-state index in [1.54, 1.807) is 0 Å². The Bertz CT molecular complexity index is 89.8. The van der Waals surface area contributed by atoms with E-state index in [0.717, 1.165) is 0 Å². The fourth-order valence-electron chi connectivity index (χ4n) is 0.267. The third-order valence-electron chi connectivity index (χ3n) is 0.640. The SMILES string of the molecule is CCOC(=O)[CH](C)[Sn].Cl.Cl.Cl. The molecule has 0 rings (SSSR count). The van der Waals surface area contributed by atoms with Crippen molar-refractivity contribution in [1.82, 2.24) is 0 Å². The molecule has 11 heavy (non-hydrogen) atoms. The van der Waals surface area contributed by atoms with Gasteiger partial charge in [-0.15, -0.1) is 37.2 Å². The minimum absolute atomic E-state index is 0. The van der Waals surface area contributed by atoms with Gasteiger partial charge < -0.3 is 0 Å². The van der Waals surface area contributed by atoms with E-state index >= 15 is 0 Å². The van der Waals surface area contributed by atoms with Crippen LogP contribution in [-0.2, 0) is 9.53 Å². The van der Waals surface area contributed by atoms with Gasteiger partial charge >= 0.3 is 62.4 Å². The molecular weight excluding hydrogens is 317 g/mol. The number of halogens is 3. The third-order valence-corrected chi connectivity index (χ3v) is 1.31. The Balaban J connectivity index is -0.0000000817. The van der Waals surface area contributed by atoms with E-state index in [9.17, 15) is 4.79 Å². The second-order valence-electron chi connectivity index (χ2n) is 1.47. The van der Waals surface area contributed by atoms with Gasteiger partial charge in [0, 0.05) is 0 Å². The van der Waals surface area contributed by atoms with E-state index in [4.69, 9.17) is 0 Å². The van der Waals surface area contributed by atoms with Crippen LogP contribution in [0.15, 0.2) is 0 Å². The molecule has 0 fully saturated rings. The minimum Gasteiger partial charge on any atom is -0.147 e. The van der Waals surface area contributed by atoms with Crippen molar-refractivity contribution in [3.8, 4) is 0 Å². The Morgan fingerprint density at radius 2 is 1.82 bits per heavy atom. The van der Waals surface area contributed by atoms with Gasteiger partial charge in [0.05, 0.1) is 0 Å². The first-order valence-corrected chi connectivity index (χ1v) is 4.21. The van der Waals surface area contributed by atoms with Gasteiger partial charge in [0.2, 0.25) is 0 Å². The molecular formula is C5H12Cl3O2Sn. The van der Waals surface area contributed by atoms with Gasteiger partial charge in [-0.25, -0.2) is 0 Å². The molecule has 0 aromatic heterocycles. The normalized spacial score (nSPS) is 9.36. The Labute approximate surface area is 99.1 Å². The zero-order valence-corrected chi connectivity index (χ0v) is 11.6. The van der Waals surface area contributed by atoms with Gasteiger partial charge in [-0.05, 0) is 0 Å². The molecule has 2 nitrogen and oxygen atoms in total. The molecule has 0 aliphatic carbocycles. The van der Waals surface area contributed by atoms with Crippen LogP contribution in [-0.4, -0.2) is 35.1 Å². The van der Waals surface area contributed by atoms with Crippen LogP contribution in [0.25, 0.3) is 0 Å². The molecule has 69 valence electrons. The standard InChI is InChI=1S/C5H9O2.3ClH.Sn/c1-3-5(6)7-4-2;;;;/h3H,4H2,1-2H3;3*1H;. The summed E-state index contributed by atoms with van der Waals surface area (Å²) in [6, 6.07) is 0. The maximum Gasteiger partial charge on any atom is -0.147 e. The van der Waals surface area contributed by atoms with Crippen LogP contribution in [0.2, 0.25) is 3.93 Å². The second-order valence-corrected chi connectivity index (χ2v) is 3.95. The summed E-state index contributed by atoms with van der Waals surface area (Å²) in [6.45, 7) is 4.17. The fraction of sp³-hybridized carbons (Fsp3) is 0.800. The predicted octanol–water partition coefficient (Wildman–Crippen LogP) is 1.79. The molecule has 3 radical (unpaired) electrons. The van der Waals surface area contributed by atoms with Crippen molar-refractivity contribution < 1.29 is 9.53 Å². The first kappa shape index (κ1) is 22.7. The van der Waals surface area contributed by atoms with Crippen molar-refractivity contribution in [3.05, 3.63) is 0 Å². The second kappa shape index (κ2) is 13.7. The minimum atomic E-state index is -0.0781. The number of hydrogen-bond acceptors (Lipinski definition) is 2. The van der Waals surface area contributed by atoms with Crippen LogP contribution in [0.1, 0.15) is 13.8 Å². The molecule has 0 aliphatic heterocycles. The smallest absolute Gasteiger partial charge is 0.147 e. The van der Waals surface area contributed by atoms with Crippen LogP contribution in [0.5, 0.6) is 0 Å². The third kappa shape index (κ3) is 14.0. The average Bonchev–Trinajstić information content (AvgIpc) is 1.67. The summed E-state index contributed by atoms with van der Waals surface area (Å²) in [5, 5.41) is 0. The molecule has 0 amide bonds. The Morgan fingerprint density at radius 1 is 1.45 bits per heavy atom. The Morgan fingerprint density at radius 3 is 1.91 bits per heavy atom. The van der Waals surface area contributed by atoms with Crippen LogP contribution in [0.4, 0.5) is 0 Å². The summed E-state index contributed by atoms with van der Waals surface area (Å²) in [4.78, 5) is 10.5. The van der Waals surface area contributed by atoms with Crippen molar-refractivity contribution in [3.63, 3.8) is 0 Å². The van der Waals surface area contributed by atoms with Crippen molar-refractivity contribution in [2.45, 2.75) is 17.8 Å². The number of esters is 1. The average molecular weight is 329 g/mol. The van der Waals surface area contributed by atoms with Crippen LogP contribution in [0.3, 0.4) is 0 Å². The van der Waals surface area contributed by atoms with E-state index in [1.165, 1.54) is 22.5 Å². The summed E-state index contributed by atoms with van der Waals surface area (Å²) in [7, 11) is 0. The first-order chi connectivity index (χ1) is 3.68. The van der Waals surface area contributed by atoms with Crippen LogP contribution < -0.4 is 0 Å². The quantitative estimate of drug-likeness (QED) is 0.570. The molecule has 0 saturated carbocycles.